The monoisotopic (exact) mass is 278 g/mol. The van der Waals surface area contributed by atoms with E-state index in [-0.39, 0.29) is 11.9 Å². The van der Waals surface area contributed by atoms with Crippen molar-refractivity contribution >= 4 is 5.91 Å². The number of hydrogen-bond donors (Lipinski definition) is 1. The molecule has 110 valence electrons. The van der Waals surface area contributed by atoms with Crippen LogP contribution in [0.3, 0.4) is 0 Å². The minimum absolute atomic E-state index is 0.203. The van der Waals surface area contributed by atoms with Gasteiger partial charge < -0.3 is 10.2 Å². The zero-order valence-corrected chi connectivity index (χ0v) is 11.2. The lowest BCUT2D eigenvalue weighted by Crippen LogP contribution is -2.57. The summed E-state index contributed by atoms with van der Waals surface area (Å²) in [7, 11) is 0. The highest BCUT2D eigenvalue weighted by molar-refractivity contribution is 5.87. The summed E-state index contributed by atoms with van der Waals surface area (Å²) in [5.41, 5.74) is -0.747. The van der Waals surface area contributed by atoms with Crippen LogP contribution in [0.25, 0.3) is 0 Å². The second-order valence-electron chi connectivity index (χ2n) is 5.64. The van der Waals surface area contributed by atoms with Crippen LogP contribution in [0, 0.1) is 0 Å². The van der Waals surface area contributed by atoms with Crippen LogP contribution in [0.2, 0.25) is 0 Å². The Morgan fingerprint density at radius 2 is 2.11 bits per heavy atom. The molecule has 19 heavy (non-hydrogen) atoms. The summed E-state index contributed by atoms with van der Waals surface area (Å²) >= 11 is 0. The van der Waals surface area contributed by atoms with Crippen molar-refractivity contribution in [2.75, 3.05) is 13.1 Å². The van der Waals surface area contributed by atoms with Gasteiger partial charge >= 0.3 is 6.18 Å². The fraction of sp³-hybridized carbons (Fsp3) is 0.923. The molecule has 1 heterocycles. The third-order valence-electron chi connectivity index (χ3n) is 3.93. The molecule has 1 saturated carbocycles. The zero-order valence-electron chi connectivity index (χ0n) is 11.2. The van der Waals surface area contributed by atoms with Gasteiger partial charge in [-0.3, -0.25) is 4.79 Å². The topological polar surface area (TPSA) is 32.3 Å². The lowest BCUT2D eigenvalue weighted by molar-refractivity contribution is -0.166. The van der Waals surface area contributed by atoms with Crippen molar-refractivity contribution in [1.82, 2.24) is 10.2 Å². The van der Waals surface area contributed by atoms with Crippen molar-refractivity contribution in [2.24, 2.45) is 0 Å². The summed E-state index contributed by atoms with van der Waals surface area (Å²) < 4.78 is 37.9. The van der Waals surface area contributed by atoms with E-state index in [2.05, 4.69) is 5.32 Å². The highest BCUT2D eigenvalue weighted by Gasteiger charge is 2.49. The van der Waals surface area contributed by atoms with E-state index < -0.39 is 18.3 Å². The average molecular weight is 278 g/mol. The lowest BCUT2D eigenvalue weighted by Gasteiger charge is -2.35. The number of nitrogens with one attached hydrogen (secondary N) is 1. The van der Waals surface area contributed by atoms with Crippen LogP contribution in [-0.2, 0) is 4.79 Å². The Morgan fingerprint density at radius 3 is 2.53 bits per heavy atom. The zero-order chi connectivity index (χ0) is 14.1. The molecule has 1 atom stereocenters. The molecule has 0 aromatic rings. The predicted octanol–water partition coefficient (Wildman–Crippen LogP) is 2.46. The van der Waals surface area contributed by atoms with Gasteiger partial charge in [-0.05, 0) is 38.6 Å². The van der Waals surface area contributed by atoms with E-state index in [0.717, 1.165) is 24.3 Å². The quantitative estimate of drug-likeness (QED) is 0.838. The molecule has 2 fully saturated rings. The number of rotatable bonds is 5. The first-order valence-corrected chi connectivity index (χ1v) is 7.01. The number of nitrogens with zero attached hydrogens (tertiary/aromatic N) is 1. The van der Waals surface area contributed by atoms with E-state index in [0.29, 0.717) is 25.7 Å². The first-order chi connectivity index (χ1) is 8.88. The second kappa shape index (κ2) is 5.31. The Labute approximate surface area is 111 Å². The number of carbonyl (C=O) groups excluding carboxylic acids is 1. The number of halogens is 3. The maximum atomic E-state index is 12.6. The standard InChI is InChI=1S/C13H21F3N2O/c1-2-6-12(7-3-8-17-12)11(19)18(10-4-5-10)9-13(14,15)16/h10,17H,2-9H2,1H3. The number of alkyl halides is 3. The van der Waals surface area contributed by atoms with Gasteiger partial charge in [-0.2, -0.15) is 13.2 Å². The third-order valence-corrected chi connectivity index (χ3v) is 3.93. The third kappa shape index (κ3) is 3.41. The van der Waals surface area contributed by atoms with Crippen molar-refractivity contribution in [3.63, 3.8) is 0 Å². The molecule has 1 unspecified atom stereocenters. The highest BCUT2D eigenvalue weighted by Crippen LogP contribution is 2.35. The number of carbonyl (C=O) groups is 1. The van der Waals surface area contributed by atoms with Gasteiger partial charge in [-0.25, -0.2) is 0 Å². The summed E-state index contributed by atoms with van der Waals surface area (Å²) in [6.45, 7) is 1.57. The molecule has 3 nitrogen and oxygen atoms in total. The molecule has 1 amide bonds. The van der Waals surface area contributed by atoms with Crippen LogP contribution in [-0.4, -0.2) is 41.7 Å². The van der Waals surface area contributed by atoms with Gasteiger partial charge in [-0.1, -0.05) is 13.3 Å². The molecule has 2 rings (SSSR count). The molecule has 0 aromatic heterocycles. The minimum atomic E-state index is -4.32. The van der Waals surface area contributed by atoms with E-state index in [4.69, 9.17) is 0 Å². The average Bonchev–Trinajstić information content (AvgIpc) is 3.05. The Bertz CT molecular complexity index is 333. The summed E-state index contributed by atoms with van der Waals surface area (Å²) in [6.07, 6.45) is 0.00546. The fourth-order valence-electron chi connectivity index (χ4n) is 2.96. The second-order valence-corrected chi connectivity index (χ2v) is 5.64. The molecule has 6 heteroatoms. The van der Waals surface area contributed by atoms with Gasteiger partial charge in [0.25, 0.3) is 0 Å². The van der Waals surface area contributed by atoms with E-state index in [1.165, 1.54) is 0 Å². The normalized spacial score (nSPS) is 27.6. The summed E-state index contributed by atoms with van der Waals surface area (Å²) in [6, 6.07) is -0.203. The lowest BCUT2D eigenvalue weighted by atomic mass is 9.90. The smallest absolute Gasteiger partial charge is 0.329 e. The number of amides is 1. The van der Waals surface area contributed by atoms with Crippen LogP contribution in [0.1, 0.15) is 45.4 Å². The van der Waals surface area contributed by atoms with E-state index in [1.54, 1.807) is 0 Å². The van der Waals surface area contributed by atoms with Crippen molar-refractivity contribution in [3.8, 4) is 0 Å². The fourth-order valence-corrected chi connectivity index (χ4v) is 2.96. The summed E-state index contributed by atoms with van der Waals surface area (Å²) in [5, 5.41) is 3.16. The van der Waals surface area contributed by atoms with Gasteiger partial charge in [0.05, 0.1) is 5.54 Å². The maximum absolute atomic E-state index is 12.6. The SMILES string of the molecule is CCCC1(C(=O)N(CC(F)(F)F)C2CC2)CCCN1. The molecule has 1 aliphatic heterocycles. The summed E-state index contributed by atoms with van der Waals surface area (Å²) in [4.78, 5) is 13.6. The molecule has 1 N–H and O–H groups in total. The van der Waals surface area contributed by atoms with Crippen LogP contribution in [0.5, 0.6) is 0 Å². The number of hydrogen-bond acceptors (Lipinski definition) is 2. The molecule has 2 aliphatic rings. The van der Waals surface area contributed by atoms with Crippen molar-refractivity contribution in [1.29, 1.82) is 0 Å². The molecule has 0 aromatic carbocycles. The van der Waals surface area contributed by atoms with E-state index in [1.807, 2.05) is 6.92 Å². The van der Waals surface area contributed by atoms with Crippen molar-refractivity contribution in [3.05, 3.63) is 0 Å². The highest BCUT2D eigenvalue weighted by atomic mass is 19.4. The van der Waals surface area contributed by atoms with Gasteiger partial charge in [-0.15, -0.1) is 0 Å². The minimum Gasteiger partial charge on any atom is -0.329 e. The Hall–Kier alpha value is -0.780. The molecule has 0 spiro atoms. The van der Waals surface area contributed by atoms with Crippen LogP contribution in [0.15, 0.2) is 0 Å². The van der Waals surface area contributed by atoms with Gasteiger partial charge in [0.1, 0.15) is 6.54 Å². The molecular formula is C13H21F3N2O. The Balaban J connectivity index is 2.13. The predicted molar refractivity (Wildman–Crippen MR) is 65.7 cm³/mol. The van der Waals surface area contributed by atoms with Gasteiger partial charge in [0.2, 0.25) is 5.91 Å². The van der Waals surface area contributed by atoms with E-state index in [9.17, 15) is 18.0 Å². The van der Waals surface area contributed by atoms with Gasteiger partial charge in [0.15, 0.2) is 0 Å². The Kier molecular flexibility index (Phi) is 4.08. The first-order valence-electron chi connectivity index (χ1n) is 7.01. The molecule has 1 saturated heterocycles. The summed E-state index contributed by atoms with van der Waals surface area (Å²) in [5.74, 6) is -0.341. The van der Waals surface area contributed by atoms with Crippen molar-refractivity contribution < 1.29 is 18.0 Å². The molecular weight excluding hydrogens is 257 g/mol. The molecule has 0 radical (unpaired) electrons. The van der Waals surface area contributed by atoms with E-state index >= 15 is 0 Å². The van der Waals surface area contributed by atoms with Crippen molar-refractivity contribution in [2.45, 2.75) is 63.2 Å². The molecule has 1 aliphatic carbocycles. The maximum Gasteiger partial charge on any atom is 0.406 e. The van der Waals surface area contributed by atoms with Crippen LogP contribution >= 0.6 is 0 Å². The largest absolute Gasteiger partial charge is 0.406 e. The van der Waals surface area contributed by atoms with Gasteiger partial charge in [0, 0.05) is 6.04 Å². The first kappa shape index (κ1) is 14.6. The van der Waals surface area contributed by atoms with Crippen LogP contribution in [0.4, 0.5) is 13.2 Å². The molecule has 0 bridgehead atoms. The Morgan fingerprint density at radius 1 is 1.42 bits per heavy atom. The van der Waals surface area contributed by atoms with Crippen LogP contribution < -0.4 is 5.32 Å².